The van der Waals surface area contributed by atoms with Crippen LogP contribution in [0.3, 0.4) is 0 Å². The number of hydrogen-bond acceptors (Lipinski definition) is 3. The van der Waals surface area contributed by atoms with Crippen molar-refractivity contribution in [2.24, 2.45) is 5.41 Å². The standard InChI is InChI=1S/C22H24N2O2/c1-3-22-11-7-12-23-13-10-16-15-8-5-6-9-17(15)24(19(16)20(22)23)18(14-22)21(25)26-4-2/h5-9,11,14,20H,3-4,10,12-13H2,1-2H3/t20-,22+/m1/s1. The molecule has 4 heteroatoms. The maximum atomic E-state index is 12.9. The summed E-state index contributed by atoms with van der Waals surface area (Å²) < 4.78 is 7.63. The van der Waals surface area contributed by atoms with Crippen LogP contribution in [-0.2, 0) is 16.0 Å². The van der Waals surface area contributed by atoms with Gasteiger partial charge in [-0.1, -0.05) is 37.3 Å². The third kappa shape index (κ3) is 1.91. The number of benzene rings is 1. The second-order valence-corrected chi connectivity index (χ2v) is 7.48. The number of para-hydroxylation sites is 1. The van der Waals surface area contributed by atoms with Gasteiger partial charge in [0.15, 0.2) is 0 Å². The van der Waals surface area contributed by atoms with Crippen LogP contribution < -0.4 is 0 Å². The van der Waals surface area contributed by atoms with E-state index in [1.807, 2.05) is 6.92 Å². The van der Waals surface area contributed by atoms with E-state index in [0.717, 1.165) is 31.4 Å². The number of nitrogens with zero attached hydrogens (tertiary/aromatic N) is 2. The van der Waals surface area contributed by atoms with Crippen LogP contribution in [0, 0.1) is 5.41 Å². The normalized spacial score (nSPS) is 26.5. The summed E-state index contributed by atoms with van der Waals surface area (Å²) in [5.41, 5.74) is 4.37. The molecule has 1 aromatic carbocycles. The highest BCUT2D eigenvalue weighted by molar-refractivity contribution is 6.13. The highest BCUT2D eigenvalue weighted by Gasteiger charge is 2.49. The summed E-state index contributed by atoms with van der Waals surface area (Å²) in [4.78, 5) is 15.5. The summed E-state index contributed by atoms with van der Waals surface area (Å²) in [6.07, 6.45) is 8.76. The fourth-order valence-corrected chi connectivity index (χ4v) is 5.20. The lowest BCUT2D eigenvalue weighted by molar-refractivity contribution is -0.136. The van der Waals surface area contributed by atoms with E-state index in [4.69, 9.17) is 4.74 Å². The van der Waals surface area contributed by atoms with Gasteiger partial charge in [0.2, 0.25) is 0 Å². The first-order valence-electron chi connectivity index (χ1n) is 9.64. The Balaban J connectivity index is 1.87. The van der Waals surface area contributed by atoms with E-state index >= 15 is 0 Å². The molecule has 0 bridgehead atoms. The number of aromatic nitrogens is 1. The first-order chi connectivity index (χ1) is 12.7. The van der Waals surface area contributed by atoms with Gasteiger partial charge in [-0.15, -0.1) is 0 Å². The zero-order chi connectivity index (χ0) is 17.9. The summed E-state index contributed by atoms with van der Waals surface area (Å²) in [7, 11) is 0. The number of carbonyl (C=O) groups is 1. The molecule has 4 nitrogen and oxygen atoms in total. The molecule has 0 saturated carbocycles. The lowest BCUT2D eigenvalue weighted by Gasteiger charge is -2.50. The van der Waals surface area contributed by atoms with E-state index in [2.05, 4.69) is 58.9 Å². The number of esters is 1. The minimum Gasteiger partial charge on any atom is -0.461 e. The molecule has 3 aliphatic rings. The molecule has 5 rings (SSSR count). The molecule has 3 aliphatic heterocycles. The molecule has 1 aromatic heterocycles. The fraction of sp³-hybridized carbons (Fsp3) is 0.409. The van der Waals surface area contributed by atoms with Crippen LogP contribution in [0.1, 0.15) is 37.6 Å². The first-order valence-corrected chi connectivity index (χ1v) is 9.64. The van der Waals surface area contributed by atoms with Crippen LogP contribution >= 0.6 is 0 Å². The van der Waals surface area contributed by atoms with Crippen molar-refractivity contribution in [3.8, 4) is 0 Å². The van der Waals surface area contributed by atoms with Crippen LogP contribution in [0.15, 0.2) is 42.5 Å². The van der Waals surface area contributed by atoms with Crippen molar-refractivity contribution in [2.75, 3.05) is 19.7 Å². The van der Waals surface area contributed by atoms with Gasteiger partial charge in [0.1, 0.15) is 5.70 Å². The molecule has 0 saturated heterocycles. The minimum atomic E-state index is -0.224. The summed E-state index contributed by atoms with van der Waals surface area (Å²) in [5, 5.41) is 1.28. The zero-order valence-corrected chi connectivity index (χ0v) is 15.4. The molecule has 0 unspecified atom stereocenters. The van der Waals surface area contributed by atoms with Crippen molar-refractivity contribution < 1.29 is 9.53 Å². The number of ether oxygens (including phenoxy) is 1. The molecule has 0 radical (unpaired) electrons. The molecule has 26 heavy (non-hydrogen) atoms. The predicted molar refractivity (Wildman–Crippen MR) is 103 cm³/mol. The van der Waals surface area contributed by atoms with E-state index in [9.17, 15) is 4.79 Å². The summed E-state index contributed by atoms with van der Waals surface area (Å²) >= 11 is 0. The lowest BCUT2D eigenvalue weighted by Crippen LogP contribution is -2.49. The minimum absolute atomic E-state index is 0.139. The SMILES string of the molecule is CCOC(=O)C1=C[C@]2(CC)C=CCN3CCc4c(n1c1ccccc41)[C@@H]32. The summed E-state index contributed by atoms with van der Waals surface area (Å²) in [6, 6.07) is 8.77. The molecule has 0 aliphatic carbocycles. The smallest absolute Gasteiger partial charge is 0.355 e. The Morgan fingerprint density at radius 2 is 2.15 bits per heavy atom. The van der Waals surface area contributed by atoms with E-state index in [-0.39, 0.29) is 11.4 Å². The summed E-state index contributed by atoms with van der Waals surface area (Å²) in [6.45, 7) is 6.53. The van der Waals surface area contributed by atoms with Crippen LogP contribution in [0.25, 0.3) is 16.6 Å². The van der Waals surface area contributed by atoms with Crippen molar-refractivity contribution >= 4 is 22.6 Å². The predicted octanol–water partition coefficient (Wildman–Crippen LogP) is 3.92. The molecule has 2 atom stereocenters. The Morgan fingerprint density at radius 1 is 1.31 bits per heavy atom. The Morgan fingerprint density at radius 3 is 2.96 bits per heavy atom. The molecule has 2 aromatic rings. The molecule has 0 fully saturated rings. The van der Waals surface area contributed by atoms with Gasteiger partial charge in [-0.05, 0) is 37.5 Å². The van der Waals surface area contributed by atoms with Crippen molar-refractivity contribution in [3.05, 3.63) is 53.8 Å². The molecule has 4 heterocycles. The van der Waals surface area contributed by atoms with E-state index < -0.39 is 0 Å². The first kappa shape index (κ1) is 15.9. The van der Waals surface area contributed by atoms with Gasteiger partial charge in [-0.3, -0.25) is 4.90 Å². The lowest BCUT2D eigenvalue weighted by atomic mass is 9.69. The van der Waals surface area contributed by atoms with Crippen molar-refractivity contribution in [1.29, 1.82) is 0 Å². The number of carbonyl (C=O) groups excluding carboxylic acids is 1. The van der Waals surface area contributed by atoms with Gasteiger partial charge < -0.3 is 9.30 Å². The average molecular weight is 348 g/mol. The third-order valence-electron chi connectivity index (χ3n) is 6.31. The van der Waals surface area contributed by atoms with Gasteiger partial charge in [0.05, 0.1) is 18.2 Å². The van der Waals surface area contributed by atoms with Gasteiger partial charge in [0.25, 0.3) is 0 Å². The maximum absolute atomic E-state index is 12.9. The highest BCUT2D eigenvalue weighted by atomic mass is 16.5. The third-order valence-corrected chi connectivity index (χ3v) is 6.31. The quantitative estimate of drug-likeness (QED) is 0.623. The highest BCUT2D eigenvalue weighted by Crippen LogP contribution is 2.55. The molecular formula is C22H24N2O2. The van der Waals surface area contributed by atoms with Crippen molar-refractivity contribution in [1.82, 2.24) is 9.47 Å². The zero-order valence-electron chi connectivity index (χ0n) is 15.4. The van der Waals surface area contributed by atoms with Crippen LogP contribution in [0.5, 0.6) is 0 Å². The molecule has 0 N–H and O–H groups in total. The average Bonchev–Trinajstić information content (AvgIpc) is 3.02. The molecular weight excluding hydrogens is 324 g/mol. The van der Waals surface area contributed by atoms with Crippen molar-refractivity contribution in [3.63, 3.8) is 0 Å². The molecule has 0 amide bonds. The van der Waals surface area contributed by atoms with Crippen LogP contribution in [0.4, 0.5) is 0 Å². The van der Waals surface area contributed by atoms with Gasteiger partial charge in [0, 0.05) is 29.6 Å². The van der Waals surface area contributed by atoms with Crippen LogP contribution in [0.2, 0.25) is 0 Å². The number of hydrogen-bond donors (Lipinski definition) is 0. The Kier molecular flexibility index (Phi) is 3.41. The topological polar surface area (TPSA) is 34.5 Å². The molecule has 0 spiro atoms. The Bertz CT molecular complexity index is 968. The van der Waals surface area contributed by atoms with Gasteiger partial charge in [-0.25, -0.2) is 4.79 Å². The van der Waals surface area contributed by atoms with Crippen molar-refractivity contribution in [2.45, 2.75) is 32.7 Å². The number of rotatable bonds is 3. The fourth-order valence-electron chi connectivity index (χ4n) is 5.20. The Labute approximate surface area is 153 Å². The number of fused-ring (bicyclic) bond motifs is 3. The van der Waals surface area contributed by atoms with E-state index in [1.165, 1.54) is 16.6 Å². The Hall–Kier alpha value is -2.33. The van der Waals surface area contributed by atoms with E-state index in [1.54, 1.807) is 0 Å². The van der Waals surface area contributed by atoms with Gasteiger partial charge in [-0.2, -0.15) is 0 Å². The van der Waals surface area contributed by atoms with E-state index in [0.29, 0.717) is 18.3 Å². The van der Waals surface area contributed by atoms with Crippen LogP contribution in [-0.4, -0.2) is 35.1 Å². The monoisotopic (exact) mass is 348 g/mol. The van der Waals surface area contributed by atoms with Gasteiger partial charge >= 0.3 is 5.97 Å². The second kappa shape index (κ2) is 5.58. The molecule has 134 valence electrons. The summed E-state index contributed by atoms with van der Waals surface area (Å²) in [5.74, 6) is -0.224. The maximum Gasteiger partial charge on any atom is 0.355 e. The second-order valence-electron chi connectivity index (χ2n) is 7.48. The largest absolute Gasteiger partial charge is 0.461 e.